The maximum Gasteiger partial charge on any atom is 0.321 e. The van der Waals surface area contributed by atoms with Gasteiger partial charge >= 0.3 is 11.9 Å². The van der Waals surface area contributed by atoms with Gasteiger partial charge in [-0.2, -0.15) is 4.72 Å². The molecule has 0 aliphatic heterocycles. The molecule has 9 nitrogen and oxygen atoms in total. The van der Waals surface area contributed by atoms with Crippen molar-refractivity contribution in [2.24, 2.45) is 0 Å². The Bertz CT molecular complexity index is 713. The lowest BCUT2D eigenvalue weighted by Gasteiger charge is -2.14. The maximum atomic E-state index is 12.2. The molecule has 4 N–H and O–H groups in total. The molecule has 0 aliphatic rings. The number of amides is 1. The Morgan fingerprint density at radius 2 is 1.71 bits per heavy atom. The number of carboxylic acids is 2. The molecule has 1 amide bonds. The second-order valence-corrected chi connectivity index (χ2v) is 6.72. The largest absolute Gasteiger partial charge is 0.481 e. The fraction of sp³-hybridized carbons (Fsp3) is 0.357. The summed E-state index contributed by atoms with van der Waals surface area (Å²) < 4.78 is 26.4. The number of anilines is 1. The van der Waals surface area contributed by atoms with Crippen LogP contribution < -0.4 is 10.0 Å². The average Bonchev–Trinajstić information content (AvgIpc) is 2.45. The van der Waals surface area contributed by atoms with Crippen molar-refractivity contribution in [1.82, 2.24) is 4.72 Å². The number of hydrogen-bond donors (Lipinski definition) is 4. The third-order valence-electron chi connectivity index (χ3n) is 2.96. The van der Waals surface area contributed by atoms with Gasteiger partial charge in [0.05, 0.1) is 4.90 Å². The first-order chi connectivity index (χ1) is 11.1. The zero-order valence-corrected chi connectivity index (χ0v) is 13.7. The molecule has 1 atom stereocenters. The van der Waals surface area contributed by atoms with Crippen molar-refractivity contribution in [3.05, 3.63) is 24.3 Å². The number of carboxylic acid groups (broad SMARTS) is 2. The summed E-state index contributed by atoms with van der Waals surface area (Å²) in [6.45, 7) is 1.31. The molecule has 1 unspecified atom stereocenters. The Kier molecular flexibility index (Phi) is 6.86. The van der Waals surface area contributed by atoms with E-state index in [-0.39, 0.29) is 30.1 Å². The van der Waals surface area contributed by atoms with Crippen molar-refractivity contribution in [2.45, 2.75) is 37.1 Å². The van der Waals surface area contributed by atoms with E-state index < -0.39 is 28.0 Å². The zero-order valence-electron chi connectivity index (χ0n) is 12.9. The highest BCUT2D eigenvalue weighted by molar-refractivity contribution is 7.89. The Hall–Kier alpha value is -2.46. The highest BCUT2D eigenvalue weighted by atomic mass is 32.2. The normalized spacial score (nSPS) is 12.4. The van der Waals surface area contributed by atoms with E-state index in [0.29, 0.717) is 5.69 Å². The standard InChI is InChI=1S/C14H18N2O7S/c1-9(17)15-10-5-7-11(8-6-10)24(22,23)16-12(14(20)21)3-2-4-13(18)19/h5-8,12,16H,2-4H2,1H3,(H,15,17)(H,18,19)(H,20,21). The summed E-state index contributed by atoms with van der Waals surface area (Å²) in [5.41, 5.74) is 0.401. The van der Waals surface area contributed by atoms with Crippen molar-refractivity contribution in [2.75, 3.05) is 5.32 Å². The lowest BCUT2D eigenvalue weighted by Crippen LogP contribution is -2.40. The predicted octanol–water partition coefficient (Wildman–Crippen LogP) is 0.631. The number of hydrogen-bond acceptors (Lipinski definition) is 5. The molecule has 1 aromatic carbocycles. The lowest BCUT2D eigenvalue weighted by atomic mass is 10.1. The van der Waals surface area contributed by atoms with Crippen LogP contribution in [0.4, 0.5) is 5.69 Å². The van der Waals surface area contributed by atoms with Crippen LogP contribution in [0, 0.1) is 0 Å². The highest BCUT2D eigenvalue weighted by Gasteiger charge is 2.25. The summed E-state index contributed by atoms with van der Waals surface area (Å²) in [4.78, 5) is 32.3. The lowest BCUT2D eigenvalue weighted by molar-refractivity contribution is -0.140. The third-order valence-corrected chi connectivity index (χ3v) is 4.45. The molecular weight excluding hydrogens is 340 g/mol. The molecule has 0 heterocycles. The summed E-state index contributed by atoms with van der Waals surface area (Å²) in [6.07, 6.45) is -0.377. The SMILES string of the molecule is CC(=O)Nc1ccc(S(=O)(=O)NC(CCCC(=O)O)C(=O)O)cc1. The second kappa shape index (κ2) is 8.41. The van der Waals surface area contributed by atoms with Gasteiger partial charge in [0.25, 0.3) is 0 Å². The molecule has 0 aliphatic carbocycles. The van der Waals surface area contributed by atoms with Gasteiger partial charge in [0.1, 0.15) is 6.04 Å². The van der Waals surface area contributed by atoms with Gasteiger partial charge in [-0.15, -0.1) is 0 Å². The van der Waals surface area contributed by atoms with E-state index in [0.717, 1.165) is 0 Å². The van der Waals surface area contributed by atoms with Crippen molar-refractivity contribution in [3.8, 4) is 0 Å². The summed E-state index contributed by atoms with van der Waals surface area (Å²) >= 11 is 0. The summed E-state index contributed by atoms with van der Waals surface area (Å²) in [5, 5.41) is 20.1. The first kappa shape index (κ1) is 19.6. The van der Waals surface area contributed by atoms with Gasteiger partial charge in [-0.05, 0) is 37.1 Å². The van der Waals surface area contributed by atoms with Gasteiger partial charge < -0.3 is 15.5 Å². The van der Waals surface area contributed by atoms with E-state index in [1.165, 1.54) is 31.2 Å². The fourth-order valence-electron chi connectivity index (χ4n) is 1.87. The topological polar surface area (TPSA) is 150 Å². The zero-order chi connectivity index (χ0) is 18.3. The van der Waals surface area contributed by atoms with Gasteiger partial charge in [-0.25, -0.2) is 8.42 Å². The minimum atomic E-state index is -4.09. The van der Waals surface area contributed by atoms with Crippen LogP contribution in [0.25, 0.3) is 0 Å². The fourth-order valence-corrected chi connectivity index (χ4v) is 3.09. The van der Waals surface area contributed by atoms with Crippen molar-refractivity contribution < 1.29 is 33.0 Å². The van der Waals surface area contributed by atoms with E-state index in [2.05, 4.69) is 5.32 Å². The maximum absolute atomic E-state index is 12.2. The van der Waals surface area contributed by atoms with Crippen molar-refractivity contribution in [3.63, 3.8) is 0 Å². The Morgan fingerprint density at radius 1 is 1.12 bits per heavy atom. The quantitative estimate of drug-likeness (QED) is 0.505. The molecule has 0 radical (unpaired) electrons. The molecule has 24 heavy (non-hydrogen) atoms. The Balaban J connectivity index is 2.83. The van der Waals surface area contributed by atoms with Crippen LogP contribution >= 0.6 is 0 Å². The van der Waals surface area contributed by atoms with E-state index in [4.69, 9.17) is 10.2 Å². The van der Waals surface area contributed by atoms with Crippen LogP contribution in [-0.4, -0.2) is 42.5 Å². The third kappa shape index (κ3) is 6.34. The van der Waals surface area contributed by atoms with Crippen LogP contribution in [0.5, 0.6) is 0 Å². The number of aliphatic carboxylic acids is 2. The van der Waals surface area contributed by atoms with Crippen LogP contribution in [0.2, 0.25) is 0 Å². The van der Waals surface area contributed by atoms with E-state index in [1.807, 2.05) is 4.72 Å². The molecule has 0 spiro atoms. The minimum Gasteiger partial charge on any atom is -0.481 e. The van der Waals surface area contributed by atoms with Crippen LogP contribution in [0.15, 0.2) is 29.2 Å². The van der Waals surface area contributed by atoms with Gasteiger partial charge in [-0.3, -0.25) is 14.4 Å². The van der Waals surface area contributed by atoms with Gasteiger partial charge in [0.15, 0.2) is 0 Å². The molecule has 0 saturated heterocycles. The van der Waals surface area contributed by atoms with Crippen molar-refractivity contribution >= 4 is 33.6 Å². The average molecular weight is 358 g/mol. The molecule has 132 valence electrons. The monoisotopic (exact) mass is 358 g/mol. The molecular formula is C14H18N2O7S. The van der Waals surface area contributed by atoms with Gasteiger partial charge in [-0.1, -0.05) is 0 Å². The molecule has 0 fully saturated rings. The van der Waals surface area contributed by atoms with Gasteiger partial charge in [0, 0.05) is 19.0 Å². The van der Waals surface area contributed by atoms with E-state index >= 15 is 0 Å². The predicted molar refractivity (Wildman–Crippen MR) is 84.0 cm³/mol. The molecule has 0 bridgehead atoms. The summed E-state index contributed by atoms with van der Waals surface area (Å²) in [7, 11) is -4.09. The number of nitrogens with one attached hydrogen (secondary N) is 2. The molecule has 10 heteroatoms. The smallest absolute Gasteiger partial charge is 0.321 e. The Morgan fingerprint density at radius 3 is 2.17 bits per heavy atom. The van der Waals surface area contributed by atoms with Crippen molar-refractivity contribution in [1.29, 1.82) is 0 Å². The second-order valence-electron chi connectivity index (χ2n) is 5.00. The number of carbonyl (C=O) groups excluding carboxylic acids is 1. The molecule has 1 aromatic rings. The molecule has 0 saturated carbocycles. The highest BCUT2D eigenvalue weighted by Crippen LogP contribution is 2.15. The summed E-state index contributed by atoms with van der Waals surface area (Å²) in [5.74, 6) is -2.79. The Labute approximate surface area is 138 Å². The van der Waals surface area contributed by atoms with Crippen LogP contribution in [0.3, 0.4) is 0 Å². The number of benzene rings is 1. The first-order valence-electron chi connectivity index (χ1n) is 6.96. The first-order valence-corrected chi connectivity index (χ1v) is 8.44. The van der Waals surface area contributed by atoms with Gasteiger partial charge in [0.2, 0.25) is 15.9 Å². The van der Waals surface area contributed by atoms with Crippen LogP contribution in [0.1, 0.15) is 26.2 Å². The van der Waals surface area contributed by atoms with E-state index in [9.17, 15) is 22.8 Å². The van der Waals surface area contributed by atoms with Crippen LogP contribution in [-0.2, 0) is 24.4 Å². The minimum absolute atomic E-state index is 0.0241. The molecule has 0 aromatic heterocycles. The number of carbonyl (C=O) groups is 3. The summed E-state index contributed by atoms with van der Waals surface area (Å²) in [6, 6.07) is 3.77. The van der Waals surface area contributed by atoms with E-state index in [1.54, 1.807) is 0 Å². The molecule has 1 rings (SSSR count). The number of sulfonamides is 1. The number of rotatable bonds is 9.